The molecule has 10 heavy (non-hydrogen) atoms. The molecule has 0 aromatic carbocycles. The molecule has 0 atom stereocenters. The highest BCUT2D eigenvalue weighted by molar-refractivity contribution is 5.00. The maximum absolute atomic E-state index is 3.91. The molecule has 0 aliphatic carbocycles. The average Bonchev–Trinajstić information content (AvgIpc) is 1.60. The first-order valence-corrected chi connectivity index (χ1v) is 3.47. The average molecular weight is 142 g/mol. The lowest BCUT2D eigenvalue weighted by Crippen LogP contribution is -2.34. The molecule has 0 aliphatic rings. The summed E-state index contributed by atoms with van der Waals surface area (Å²) in [5.74, 6) is 0. The summed E-state index contributed by atoms with van der Waals surface area (Å²) in [5, 5.41) is 1.90. The van der Waals surface area contributed by atoms with E-state index in [1.165, 1.54) is 0 Å². The molecule has 0 spiro atoms. The number of rotatable bonds is 2. The highest BCUT2D eigenvalue weighted by atomic mass is 15.5. The molecular formula is C8H18N2. The van der Waals surface area contributed by atoms with Crippen LogP contribution in [0.15, 0.2) is 12.3 Å². The summed E-state index contributed by atoms with van der Waals surface area (Å²) in [6, 6.07) is 0. The van der Waals surface area contributed by atoms with Crippen LogP contribution in [0.3, 0.4) is 0 Å². The standard InChI is InChI=1S/C8H18N2/c1-7(8(2,3)4)9-10(5)6/h9H,1H2,2-6H3. The Hall–Kier alpha value is -0.500. The molecule has 0 unspecified atom stereocenters. The largest absolute Gasteiger partial charge is 0.324 e. The van der Waals surface area contributed by atoms with Crippen molar-refractivity contribution in [3.63, 3.8) is 0 Å². The zero-order chi connectivity index (χ0) is 8.36. The molecule has 0 radical (unpaired) electrons. The minimum Gasteiger partial charge on any atom is -0.324 e. The Morgan fingerprint density at radius 2 is 1.70 bits per heavy atom. The first kappa shape index (κ1) is 9.50. The Morgan fingerprint density at radius 1 is 1.30 bits per heavy atom. The van der Waals surface area contributed by atoms with Crippen LogP contribution in [0.25, 0.3) is 0 Å². The van der Waals surface area contributed by atoms with E-state index in [9.17, 15) is 0 Å². The van der Waals surface area contributed by atoms with Crippen molar-refractivity contribution in [3.8, 4) is 0 Å². The van der Waals surface area contributed by atoms with E-state index >= 15 is 0 Å². The van der Waals surface area contributed by atoms with Gasteiger partial charge in [-0.2, -0.15) is 0 Å². The Bertz CT molecular complexity index is 120. The molecule has 2 heteroatoms. The van der Waals surface area contributed by atoms with Gasteiger partial charge in [0, 0.05) is 25.2 Å². The van der Waals surface area contributed by atoms with E-state index in [2.05, 4.69) is 32.8 Å². The molecule has 0 saturated heterocycles. The molecule has 0 aromatic rings. The van der Waals surface area contributed by atoms with E-state index in [0.29, 0.717) is 0 Å². The second-order valence-electron chi connectivity index (χ2n) is 3.73. The smallest absolute Gasteiger partial charge is 0.0245 e. The van der Waals surface area contributed by atoms with Crippen molar-refractivity contribution < 1.29 is 0 Å². The summed E-state index contributed by atoms with van der Waals surface area (Å²) >= 11 is 0. The van der Waals surface area contributed by atoms with Crippen LogP contribution in [0.5, 0.6) is 0 Å². The molecule has 0 amide bonds. The molecule has 60 valence electrons. The van der Waals surface area contributed by atoms with Crippen molar-refractivity contribution in [1.82, 2.24) is 10.4 Å². The van der Waals surface area contributed by atoms with Gasteiger partial charge in [-0.3, -0.25) is 0 Å². The molecule has 0 saturated carbocycles. The van der Waals surface area contributed by atoms with Gasteiger partial charge in [-0.05, 0) is 0 Å². The van der Waals surface area contributed by atoms with Crippen LogP contribution in [-0.2, 0) is 0 Å². The predicted octanol–water partition coefficient (Wildman–Crippen LogP) is 1.61. The fourth-order valence-electron chi connectivity index (χ4n) is 0.438. The van der Waals surface area contributed by atoms with Gasteiger partial charge in [0.25, 0.3) is 0 Å². The lowest BCUT2D eigenvalue weighted by atomic mass is 9.93. The molecule has 0 fully saturated rings. The van der Waals surface area contributed by atoms with Gasteiger partial charge < -0.3 is 5.43 Å². The molecule has 2 nitrogen and oxygen atoms in total. The van der Waals surface area contributed by atoms with Crippen LogP contribution in [0, 0.1) is 5.41 Å². The van der Waals surface area contributed by atoms with Crippen LogP contribution in [0.2, 0.25) is 0 Å². The van der Waals surface area contributed by atoms with Gasteiger partial charge in [-0.1, -0.05) is 27.4 Å². The maximum Gasteiger partial charge on any atom is 0.0245 e. The SMILES string of the molecule is C=C(NN(C)C)C(C)(C)C. The highest BCUT2D eigenvalue weighted by Crippen LogP contribution is 2.20. The van der Waals surface area contributed by atoms with Gasteiger partial charge in [0.1, 0.15) is 0 Å². The normalized spacial score (nSPS) is 11.8. The molecular weight excluding hydrogens is 124 g/mol. The third-order valence-electron chi connectivity index (χ3n) is 1.26. The second-order valence-corrected chi connectivity index (χ2v) is 3.73. The summed E-state index contributed by atoms with van der Waals surface area (Å²) in [6.07, 6.45) is 0. The van der Waals surface area contributed by atoms with Crippen LogP contribution >= 0.6 is 0 Å². The second kappa shape index (κ2) is 3.06. The fourth-order valence-corrected chi connectivity index (χ4v) is 0.438. The molecule has 1 N–H and O–H groups in total. The Morgan fingerprint density at radius 3 is 1.80 bits per heavy atom. The Balaban J connectivity index is 3.87. The number of hydrogen-bond acceptors (Lipinski definition) is 2. The summed E-state index contributed by atoms with van der Waals surface area (Å²) < 4.78 is 0. The first-order valence-electron chi connectivity index (χ1n) is 3.47. The van der Waals surface area contributed by atoms with Crippen LogP contribution in [0.4, 0.5) is 0 Å². The summed E-state index contributed by atoms with van der Waals surface area (Å²) in [5.41, 5.74) is 4.30. The number of hydrogen-bond donors (Lipinski definition) is 1. The van der Waals surface area contributed by atoms with Crippen LogP contribution < -0.4 is 5.43 Å². The van der Waals surface area contributed by atoms with Gasteiger partial charge in [0.2, 0.25) is 0 Å². The quantitative estimate of drug-likeness (QED) is 0.589. The minimum absolute atomic E-state index is 0.143. The van der Waals surface area contributed by atoms with E-state index in [0.717, 1.165) is 5.70 Å². The van der Waals surface area contributed by atoms with Crippen molar-refractivity contribution in [2.75, 3.05) is 14.1 Å². The number of nitrogens with zero attached hydrogens (tertiary/aromatic N) is 1. The Kier molecular flexibility index (Phi) is 2.91. The first-order chi connectivity index (χ1) is 4.34. The van der Waals surface area contributed by atoms with Crippen molar-refractivity contribution in [1.29, 1.82) is 0 Å². The highest BCUT2D eigenvalue weighted by Gasteiger charge is 2.14. The molecule has 0 aromatic heterocycles. The van der Waals surface area contributed by atoms with Gasteiger partial charge >= 0.3 is 0 Å². The van der Waals surface area contributed by atoms with Crippen LogP contribution in [0.1, 0.15) is 20.8 Å². The van der Waals surface area contributed by atoms with Crippen molar-refractivity contribution in [3.05, 3.63) is 12.3 Å². The summed E-state index contributed by atoms with van der Waals surface area (Å²) in [6.45, 7) is 10.3. The number of hydrazine groups is 1. The third kappa shape index (κ3) is 3.51. The number of allylic oxidation sites excluding steroid dienone is 1. The molecule has 0 heterocycles. The molecule has 0 aliphatic heterocycles. The van der Waals surface area contributed by atoms with E-state index < -0.39 is 0 Å². The lowest BCUT2D eigenvalue weighted by molar-refractivity contribution is 0.284. The van der Waals surface area contributed by atoms with Crippen molar-refractivity contribution >= 4 is 0 Å². The zero-order valence-electron chi connectivity index (χ0n) is 7.65. The van der Waals surface area contributed by atoms with Gasteiger partial charge in [-0.15, -0.1) is 0 Å². The molecule has 0 rings (SSSR count). The van der Waals surface area contributed by atoms with Crippen LogP contribution in [-0.4, -0.2) is 19.1 Å². The van der Waals surface area contributed by atoms with E-state index in [-0.39, 0.29) is 5.41 Å². The number of nitrogens with one attached hydrogen (secondary N) is 1. The lowest BCUT2D eigenvalue weighted by Gasteiger charge is -2.26. The Labute approximate surface area is 63.9 Å². The van der Waals surface area contributed by atoms with Crippen molar-refractivity contribution in [2.45, 2.75) is 20.8 Å². The topological polar surface area (TPSA) is 15.3 Å². The zero-order valence-corrected chi connectivity index (χ0v) is 7.65. The van der Waals surface area contributed by atoms with Gasteiger partial charge in [-0.25, -0.2) is 5.01 Å². The van der Waals surface area contributed by atoms with Crippen molar-refractivity contribution in [2.24, 2.45) is 5.41 Å². The van der Waals surface area contributed by atoms with E-state index in [1.807, 2.05) is 19.1 Å². The molecule has 0 bridgehead atoms. The maximum atomic E-state index is 3.91. The fraction of sp³-hybridized carbons (Fsp3) is 0.750. The van der Waals surface area contributed by atoms with E-state index in [4.69, 9.17) is 0 Å². The summed E-state index contributed by atoms with van der Waals surface area (Å²) in [7, 11) is 3.91. The summed E-state index contributed by atoms with van der Waals surface area (Å²) in [4.78, 5) is 0. The van der Waals surface area contributed by atoms with Gasteiger partial charge in [0.05, 0.1) is 0 Å². The predicted molar refractivity (Wildman–Crippen MR) is 45.4 cm³/mol. The monoisotopic (exact) mass is 142 g/mol. The van der Waals surface area contributed by atoms with E-state index in [1.54, 1.807) is 0 Å². The minimum atomic E-state index is 0.143. The van der Waals surface area contributed by atoms with Gasteiger partial charge in [0.15, 0.2) is 0 Å². The third-order valence-corrected chi connectivity index (χ3v) is 1.26.